The van der Waals surface area contributed by atoms with Crippen molar-refractivity contribution in [2.75, 3.05) is 13.1 Å². The summed E-state index contributed by atoms with van der Waals surface area (Å²) in [5.41, 5.74) is -2.90. The van der Waals surface area contributed by atoms with Crippen LogP contribution in [0.1, 0.15) is 0 Å². The van der Waals surface area contributed by atoms with E-state index in [1.807, 2.05) is 0 Å². The Balaban J connectivity index is 2.46. The molecule has 6 radical (unpaired) electrons. The summed E-state index contributed by atoms with van der Waals surface area (Å²) in [5.74, 6) is -4.99. The maximum absolute atomic E-state index is 13.5. The molecular weight excluding hydrogens is 228 g/mol. The fraction of sp³-hybridized carbons (Fsp3) is 0.333. The predicted octanol–water partition coefficient (Wildman–Crippen LogP) is -1.46. The van der Waals surface area contributed by atoms with Crippen molar-refractivity contribution in [2.45, 2.75) is 5.50 Å². The molecule has 1 fully saturated rings. The van der Waals surface area contributed by atoms with Crippen LogP contribution in [0.5, 0.6) is 5.75 Å². The first-order valence-electron chi connectivity index (χ1n) is 4.76. The molecule has 0 amide bonds. The van der Waals surface area contributed by atoms with E-state index in [9.17, 15) is 13.2 Å². The van der Waals surface area contributed by atoms with Crippen molar-refractivity contribution in [1.82, 2.24) is 5.32 Å². The van der Waals surface area contributed by atoms with Crippen molar-refractivity contribution in [1.29, 1.82) is 0 Å². The van der Waals surface area contributed by atoms with Gasteiger partial charge in [-0.1, -0.05) is 0 Å². The van der Waals surface area contributed by atoms with Gasteiger partial charge in [-0.25, -0.2) is 8.78 Å². The Morgan fingerprint density at radius 1 is 1.00 bits per heavy atom. The largest absolute Gasteiger partial charge is 0.492 e. The number of halogens is 3. The highest BCUT2D eigenvalue weighted by molar-refractivity contribution is 6.39. The fourth-order valence-corrected chi connectivity index (χ4v) is 1.42. The molecule has 0 aromatic heterocycles. The average Bonchev–Trinajstić information content (AvgIpc) is 2.27. The first-order valence-corrected chi connectivity index (χ1v) is 4.76. The Bertz CT molecular complexity index is 450. The first kappa shape index (κ1) is 12.4. The summed E-state index contributed by atoms with van der Waals surface area (Å²) in [6, 6.07) is 0. The van der Waals surface area contributed by atoms with E-state index in [4.69, 9.17) is 28.3 Å². The molecule has 0 unspecified atom stereocenters. The number of ether oxygens (including phenoxy) is 1. The molecule has 2 rings (SSSR count). The molecule has 1 aliphatic rings. The Kier molecular flexibility index (Phi) is 2.93. The molecule has 0 atom stereocenters. The summed E-state index contributed by atoms with van der Waals surface area (Å²) in [7, 11) is 15.9. The van der Waals surface area contributed by atoms with Crippen LogP contribution in [0.25, 0.3) is 0 Å². The molecule has 17 heavy (non-hydrogen) atoms. The van der Waals surface area contributed by atoms with Crippen LogP contribution >= 0.6 is 0 Å². The van der Waals surface area contributed by atoms with Crippen molar-refractivity contribution in [2.24, 2.45) is 0 Å². The molecule has 0 spiro atoms. The smallest absolute Gasteiger partial charge is 0.199 e. The van der Waals surface area contributed by atoms with Gasteiger partial charge < -0.3 is 10.1 Å². The Morgan fingerprint density at radius 2 is 1.59 bits per heavy atom. The summed E-state index contributed by atoms with van der Waals surface area (Å²) >= 11 is 0. The third kappa shape index (κ3) is 1.94. The van der Waals surface area contributed by atoms with E-state index in [0.717, 1.165) is 0 Å². The van der Waals surface area contributed by atoms with Crippen LogP contribution in [-0.2, 0) is 0 Å². The van der Waals surface area contributed by atoms with Crippen molar-refractivity contribution in [3.63, 3.8) is 0 Å². The highest BCUT2D eigenvalue weighted by atomic mass is 19.2. The summed E-state index contributed by atoms with van der Waals surface area (Å²) in [6.07, 6.45) is 0. The van der Waals surface area contributed by atoms with Gasteiger partial charge in [0.15, 0.2) is 17.4 Å². The van der Waals surface area contributed by atoms with Crippen LogP contribution in [0.15, 0.2) is 0 Å². The summed E-state index contributed by atoms with van der Waals surface area (Å²) in [5, 5.41) is 2.78. The van der Waals surface area contributed by atoms with Crippen LogP contribution < -0.4 is 21.0 Å². The van der Waals surface area contributed by atoms with E-state index in [-0.39, 0.29) is 13.1 Å². The van der Waals surface area contributed by atoms with Gasteiger partial charge in [0.1, 0.15) is 29.4 Å². The van der Waals surface area contributed by atoms with E-state index < -0.39 is 39.6 Å². The maximum Gasteiger partial charge on any atom is 0.199 e. The molecule has 82 valence electrons. The van der Waals surface area contributed by atoms with Crippen LogP contribution in [0, 0.1) is 17.5 Å². The van der Waals surface area contributed by atoms with Crippen LogP contribution in [0.3, 0.4) is 0 Å². The summed E-state index contributed by atoms with van der Waals surface area (Å²) in [6.45, 7) is 0.443. The molecule has 1 aliphatic heterocycles. The molecule has 1 heterocycles. The standard InChI is InChI=1S/C9H5B3F3NO/c10-3-5(13)4(11)8(7(15)6(3)14)17-9(12)1-16-2-9/h16H,1-2H2. The van der Waals surface area contributed by atoms with Crippen LogP contribution in [-0.4, -0.2) is 42.1 Å². The van der Waals surface area contributed by atoms with E-state index in [1.165, 1.54) is 0 Å². The minimum absolute atomic E-state index is 0.222. The summed E-state index contributed by atoms with van der Waals surface area (Å²) in [4.78, 5) is 0. The molecule has 0 aliphatic carbocycles. The number of hydrogen-bond acceptors (Lipinski definition) is 2. The van der Waals surface area contributed by atoms with Gasteiger partial charge in [-0.15, -0.1) is 0 Å². The zero-order valence-corrected chi connectivity index (χ0v) is 8.69. The Hall–Kier alpha value is -1.04. The molecule has 1 saturated heterocycles. The minimum Gasteiger partial charge on any atom is -0.492 e. The molecule has 1 aromatic rings. The number of rotatable bonds is 2. The van der Waals surface area contributed by atoms with Gasteiger partial charge >= 0.3 is 0 Å². The highest BCUT2D eigenvalue weighted by Gasteiger charge is 2.35. The van der Waals surface area contributed by atoms with E-state index in [0.29, 0.717) is 0 Å². The lowest BCUT2D eigenvalue weighted by Crippen LogP contribution is -2.64. The van der Waals surface area contributed by atoms with Gasteiger partial charge in [-0.3, -0.25) is 0 Å². The quantitative estimate of drug-likeness (QED) is 0.497. The van der Waals surface area contributed by atoms with Crippen molar-refractivity contribution >= 4 is 34.5 Å². The van der Waals surface area contributed by atoms with Gasteiger partial charge in [0.2, 0.25) is 0 Å². The maximum atomic E-state index is 13.5. The fourth-order valence-electron chi connectivity index (χ4n) is 1.42. The molecule has 0 bridgehead atoms. The highest BCUT2D eigenvalue weighted by Crippen LogP contribution is 2.22. The average molecular weight is 233 g/mol. The second-order valence-electron chi connectivity index (χ2n) is 3.87. The molecule has 8 heteroatoms. The third-order valence-electron chi connectivity index (χ3n) is 2.50. The monoisotopic (exact) mass is 233 g/mol. The molecule has 0 saturated carbocycles. The van der Waals surface area contributed by atoms with Crippen molar-refractivity contribution in [3.05, 3.63) is 17.5 Å². The van der Waals surface area contributed by atoms with Crippen molar-refractivity contribution in [3.8, 4) is 5.75 Å². The van der Waals surface area contributed by atoms with E-state index in [1.54, 1.807) is 0 Å². The second kappa shape index (κ2) is 4.01. The number of hydrogen-bond donors (Lipinski definition) is 1. The normalized spacial score (nSPS) is 17.6. The van der Waals surface area contributed by atoms with Gasteiger partial charge in [0.05, 0.1) is 5.50 Å². The lowest BCUT2D eigenvalue weighted by molar-refractivity contribution is 0.0931. The number of nitrogens with one attached hydrogen (secondary N) is 1. The lowest BCUT2D eigenvalue weighted by atomic mass is 9.76. The predicted molar refractivity (Wildman–Crippen MR) is 59.1 cm³/mol. The van der Waals surface area contributed by atoms with Gasteiger partial charge in [-0.05, 0) is 10.9 Å². The zero-order valence-electron chi connectivity index (χ0n) is 8.69. The third-order valence-corrected chi connectivity index (χ3v) is 2.50. The second-order valence-corrected chi connectivity index (χ2v) is 3.87. The van der Waals surface area contributed by atoms with Crippen LogP contribution in [0.4, 0.5) is 13.2 Å². The van der Waals surface area contributed by atoms with E-state index in [2.05, 4.69) is 5.32 Å². The zero-order chi connectivity index (χ0) is 12.8. The van der Waals surface area contributed by atoms with Gasteiger partial charge in [-0.2, -0.15) is 4.39 Å². The molecule has 1 aromatic carbocycles. The number of benzene rings is 1. The molecular formula is C9H5B3F3NO. The molecule has 2 nitrogen and oxygen atoms in total. The Morgan fingerprint density at radius 3 is 2.06 bits per heavy atom. The summed E-state index contributed by atoms with van der Waals surface area (Å²) < 4.78 is 45.0. The van der Waals surface area contributed by atoms with Gasteiger partial charge in [0.25, 0.3) is 0 Å². The molecule has 1 N–H and O–H groups in total. The topological polar surface area (TPSA) is 21.3 Å². The lowest BCUT2D eigenvalue weighted by Gasteiger charge is -2.40. The SMILES string of the molecule is [B]c1c(F)c([B])c(OC2([B])CNC2)c(F)c1F. The first-order chi connectivity index (χ1) is 7.86. The van der Waals surface area contributed by atoms with E-state index >= 15 is 0 Å². The van der Waals surface area contributed by atoms with Crippen LogP contribution in [0.2, 0.25) is 0 Å². The Labute approximate surface area is 100 Å². The minimum atomic E-state index is -1.54. The van der Waals surface area contributed by atoms with Gasteiger partial charge in [0, 0.05) is 13.1 Å². The van der Waals surface area contributed by atoms with Crippen molar-refractivity contribution < 1.29 is 17.9 Å².